The van der Waals surface area contributed by atoms with E-state index < -0.39 is 0 Å². The van der Waals surface area contributed by atoms with Crippen LogP contribution in [0.2, 0.25) is 0 Å². The quantitative estimate of drug-likeness (QED) is 0.154. The Labute approximate surface area is 396 Å². The average Bonchev–Trinajstić information content (AvgIpc) is 3.98. The molecule has 0 aliphatic heterocycles. The van der Waals surface area contributed by atoms with Crippen LogP contribution in [0.5, 0.6) is 0 Å². The van der Waals surface area contributed by atoms with Crippen LogP contribution in [0.1, 0.15) is 48.6 Å². The predicted octanol–water partition coefficient (Wildman–Crippen LogP) is 18.2. The van der Waals surface area contributed by atoms with Gasteiger partial charge in [-0.15, -0.1) is 11.3 Å². The molecule has 0 saturated carbocycles. The molecule has 0 spiro atoms. The van der Waals surface area contributed by atoms with Crippen LogP contribution in [0.3, 0.4) is 0 Å². The van der Waals surface area contributed by atoms with Gasteiger partial charge in [-0.3, -0.25) is 0 Å². The topological polar surface area (TPSA) is 3.24 Å². The Morgan fingerprint density at radius 2 is 0.881 bits per heavy atom. The average molecular weight is 874 g/mol. The first-order valence-corrected chi connectivity index (χ1v) is 24.2. The minimum Gasteiger partial charge on any atom is -0.310 e. The Morgan fingerprint density at radius 3 is 1.63 bits per heavy atom. The van der Waals surface area contributed by atoms with Gasteiger partial charge in [0.2, 0.25) is 0 Å². The third kappa shape index (κ3) is 5.99. The highest BCUT2D eigenvalue weighted by Crippen LogP contribution is 2.55. The van der Waals surface area contributed by atoms with Crippen LogP contribution >= 0.6 is 11.3 Å². The summed E-state index contributed by atoms with van der Waals surface area (Å²) in [5, 5.41) is 2.56. The van der Waals surface area contributed by atoms with Crippen molar-refractivity contribution in [2.45, 2.75) is 31.6 Å². The van der Waals surface area contributed by atoms with Crippen molar-refractivity contribution in [3.05, 3.63) is 258 Å². The fraction of sp³-hybridized carbons (Fsp3) is 0.0769. The van der Waals surface area contributed by atoms with Crippen molar-refractivity contribution >= 4 is 48.6 Å². The molecule has 1 unspecified atom stereocenters. The van der Waals surface area contributed by atoms with Crippen LogP contribution < -0.4 is 4.90 Å². The van der Waals surface area contributed by atoms with Crippen LogP contribution in [-0.2, 0) is 10.8 Å². The van der Waals surface area contributed by atoms with Gasteiger partial charge >= 0.3 is 0 Å². The fourth-order valence-corrected chi connectivity index (χ4v) is 12.9. The fourth-order valence-electron chi connectivity index (χ4n) is 11.8. The predicted molar refractivity (Wildman–Crippen MR) is 285 cm³/mol. The van der Waals surface area contributed by atoms with Gasteiger partial charge in [0.05, 0.1) is 5.69 Å². The lowest BCUT2D eigenvalue weighted by molar-refractivity contribution is 0.662. The molecule has 2 aliphatic rings. The molecule has 1 aromatic heterocycles. The molecule has 11 aromatic rings. The molecule has 2 heteroatoms. The molecule has 1 nitrogen and oxygen atoms in total. The van der Waals surface area contributed by atoms with Gasteiger partial charge in [-0.2, -0.15) is 0 Å². The van der Waals surface area contributed by atoms with E-state index in [1.54, 1.807) is 0 Å². The van der Waals surface area contributed by atoms with Crippen molar-refractivity contribution in [2.75, 3.05) is 4.90 Å². The molecule has 0 fully saturated rings. The van der Waals surface area contributed by atoms with E-state index in [1.807, 2.05) is 11.3 Å². The van der Waals surface area contributed by atoms with Crippen LogP contribution in [0.15, 0.2) is 231 Å². The number of rotatable bonds is 7. The lowest BCUT2D eigenvalue weighted by Gasteiger charge is -2.29. The molecule has 67 heavy (non-hydrogen) atoms. The first kappa shape index (κ1) is 39.6. The summed E-state index contributed by atoms with van der Waals surface area (Å²) in [7, 11) is 0. The van der Waals surface area contributed by atoms with E-state index in [9.17, 15) is 0 Å². The van der Waals surface area contributed by atoms with E-state index in [2.05, 4.69) is 256 Å². The van der Waals surface area contributed by atoms with Crippen LogP contribution in [-0.4, -0.2) is 0 Å². The zero-order valence-corrected chi connectivity index (χ0v) is 38.6. The van der Waals surface area contributed by atoms with E-state index in [0.717, 1.165) is 11.4 Å². The molecular formula is C65H47NS. The summed E-state index contributed by atoms with van der Waals surface area (Å²) in [4.78, 5) is 2.45. The summed E-state index contributed by atoms with van der Waals surface area (Å²) >= 11 is 1.86. The minimum atomic E-state index is -0.252. The zero-order valence-electron chi connectivity index (χ0n) is 37.8. The van der Waals surface area contributed by atoms with E-state index in [-0.39, 0.29) is 10.8 Å². The van der Waals surface area contributed by atoms with Gasteiger partial charge in [0.1, 0.15) is 0 Å². The second-order valence-corrected chi connectivity index (χ2v) is 20.0. The number of hydrogen-bond acceptors (Lipinski definition) is 2. The molecule has 1 atom stereocenters. The number of nitrogens with zero attached hydrogens (tertiary/aromatic N) is 1. The van der Waals surface area contributed by atoms with Crippen molar-refractivity contribution in [2.24, 2.45) is 0 Å². The monoisotopic (exact) mass is 873 g/mol. The smallest absolute Gasteiger partial charge is 0.0554 e. The highest BCUT2D eigenvalue weighted by Gasteiger charge is 2.41. The SMILES string of the molecule is CC1(C)c2ccccc2-c2cccc(-c3ccccc3-c3ccc(N(c4ccc(-c5ccc6c(c5)C(C)(c5ccccc5)c5ccccc5-6)cc4)c4cccc5sc6ccccc6c45)cc3)c21. The van der Waals surface area contributed by atoms with Gasteiger partial charge in [-0.1, -0.05) is 196 Å². The number of fused-ring (bicyclic) bond motifs is 9. The first-order valence-electron chi connectivity index (χ1n) is 23.4. The molecule has 0 amide bonds. The normalized spacial score (nSPS) is 15.3. The van der Waals surface area contributed by atoms with Gasteiger partial charge < -0.3 is 4.90 Å². The highest BCUT2D eigenvalue weighted by atomic mass is 32.1. The maximum atomic E-state index is 2.45. The lowest BCUT2D eigenvalue weighted by atomic mass is 9.74. The van der Waals surface area contributed by atoms with Gasteiger partial charge in [0.25, 0.3) is 0 Å². The van der Waals surface area contributed by atoms with Crippen molar-refractivity contribution < 1.29 is 0 Å². The van der Waals surface area contributed by atoms with Crippen LogP contribution in [0, 0.1) is 0 Å². The Morgan fingerprint density at radius 1 is 0.358 bits per heavy atom. The second-order valence-electron chi connectivity index (χ2n) is 18.9. The molecule has 2 aliphatic carbocycles. The van der Waals surface area contributed by atoms with Gasteiger partial charge in [-0.05, 0) is 139 Å². The Kier molecular flexibility index (Phi) is 8.94. The molecular weight excluding hydrogens is 827 g/mol. The number of anilines is 3. The molecule has 0 radical (unpaired) electrons. The minimum absolute atomic E-state index is 0.114. The maximum absolute atomic E-state index is 2.45. The Balaban J connectivity index is 0.917. The summed E-state index contributed by atoms with van der Waals surface area (Å²) in [5.41, 5.74) is 22.6. The third-order valence-electron chi connectivity index (χ3n) is 15.0. The summed E-state index contributed by atoms with van der Waals surface area (Å²) in [6.07, 6.45) is 0. The molecule has 10 aromatic carbocycles. The Hall–Kier alpha value is -7.78. The summed E-state index contributed by atoms with van der Waals surface area (Å²) in [5.74, 6) is 0. The number of benzene rings is 10. The van der Waals surface area contributed by atoms with Crippen molar-refractivity contribution in [3.8, 4) is 55.6 Å². The number of thiophene rings is 1. The van der Waals surface area contributed by atoms with E-state index >= 15 is 0 Å². The van der Waals surface area contributed by atoms with Gasteiger partial charge in [-0.25, -0.2) is 0 Å². The van der Waals surface area contributed by atoms with Crippen molar-refractivity contribution in [1.29, 1.82) is 0 Å². The standard InChI is InChI=1S/C65H47NS/c1-64(2)56-26-12-9-22-51(56)54-25-15-24-53(63(54)64)49-20-8-7-19-48(49)43-33-38-47(39-34-43)66(59-28-16-30-61-62(59)55-23-11-14-29-60(55)67-61)46-36-31-42(32-37-46)44-35-40-52-50-21-10-13-27-57(50)65(3,58(52)41-44)45-17-5-4-6-18-45/h4-41H,1-3H3. The lowest BCUT2D eigenvalue weighted by Crippen LogP contribution is -2.22. The zero-order chi connectivity index (χ0) is 44.9. The van der Waals surface area contributed by atoms with Crippen LogP contribution in [0.4, 0.5) is 17.1 Å². The van der Waals surface area contributed by atoms with Crippen LogP contribution in [0.25, 0.3) is 75.8 Å². The maximum Gasteiger partial charge on any atom is 0.0554 e. The van der Waals surface area contributed by atoms with Crippen molar-refractivity contribution in [1.82, 2.24) is 0 Å². The highest BCUT2D eigenvalue weighted by molar-refractivity contribution is 7.26. The number of hydrogen-bond donors (Lipinski definition) is 0. The second kappa shape index (κ2) is 15.1. The molecule has 1 heterocycles. The molecule has 0 saturated heterocycles. The summed E-state index contributed by atoms with van der Waals surface area (Å²) in [6, 6.07) is 85.8. The first-order chi connectivity index (χ1) is 32.9. The molecule has 318 valence electrons. The van der Waals surface area contributed by atoms with E-state index in [4.69, 9.17) is 0 Å². The van der Waals surface area contributed by atoms with Crippen molar-refractivity contribution in [3.63, 3.8) is 0 Å². The largest absolute Gasteiger partial charge is 0.310 e. The third-order valence-corrected chi connectivity index (χ3v) is 16.1. The molecule has 0 bridgehead atoms. The van der Waals surface area contributed by atoms with Gasteiger partial charge in [0, 0.05) is 42.4 Å². The Bertz CT molecular complexity index is 3730. The van der Waals surface area contributed by atoms with E-state index in [1.165, 1.54) is 109 Å². The van der Waals surface area contributed by atoms with E-state index in [0.29, 0.717) is 0 Å². The molecule has 0 N–H and O–H groups in total. The molecule has 13 rings (SSSR count). The van der Waals surface area contributed by atoms with Gasteiger partial charge in [0.15, 0.2) is 0 Å². The summed E-state index contributed by atoms with van der Waals surface area (Å²) in [6.45, 7) is 7.15. The summed E-state index contributed by atoms with van der Waals surface area (Å²) < 4.78 is 2.58.